The summed E-state index contributed by atoms with van der Waals surface area (Å²) in [4.78, 5) is 0. The van der Waals surface area contributed by atoms with Gasteiger partial charge in [-0.05, 0) is 47.2 Å². The summed E-state index contributed by atoms with van der Waals surface area (Å²) in [6, 6.07) is 14.5. The van der Waals surface area contributed by atoms with E-state index in [2.05, 4.69) is 63.3 Å². The van der Waals surface area contributed by atoms with Gasteiger partial charge in [-0.15, -0.1) is 0 Å². The van der Waals surface area contributed by atoms with Crippen LogP contribution in [-0.4, -0.2) is 0 Å². The smallest absolute Gasteiger partial charge is 0.0408 e. The Kier molecular flexibility index (Phi) is 4.39. The number of aryl methyl sites for hydroxylation is 1. The van der Waals surface area contributed by atoms with E-state index in [4.69, 9.17) is 11.6 Å². The maximum atomic E-state index is 6.00. The molecule has 1 N–H and O–H groups in total. The number of hydrogen-bond donors (Lipinski definition) is 1. The van der Waals surface area contributed by atoms with Crippen molar-refractivity contribution in [2.24, 2.45) is 0 Å². The normalized spacial score (nSPS) is 11.4. The van der Waals surface area contributed by atoms with Crippen LogP contribution < -0.4 is 5.32 Å². The number of benzene rings is 2. The van der Waals surface area contributed by atoms with Crippen molar-refractivity contribution in [1.29, 1.82) is 0 Å². The second kappa shape index (κ2) is 5.88. The number of nitrogens with one attached hydrogen (secondary N) is 1. The number of halogens is 1. The maximum absolute atomic E-state index is 6.00. The van der Waals surface area contributed by atoms with Gasteiger partial charge in [0.2, 0.25) is 0 Å². The van der Waals surface area contributed by atoms with Crippen LogP contribution >= 0.6 is 11.6 Å². The Balaban J connectivity index is 2.19. The molecule has 0 amide bonds. The largest absolute Gasteiger partial charge is 0.381 e. The minimum absolute atomic E-state index is 0.138. The zero-order valence-corrected chi connectivity index (χ0v) is 13.4. The fraction of sp³-hybridized carbons (Fsp3) is 0.333. The lowest BCUT2D eigenvalue weighted by molar-refractivity contribution is 0.591. The molecule has 0 saturated heterocycles. The van der Waals surface area contributed by atoms with Crippen LogP contribution in [0.4, 0.5) is 5.69 Å². The summed E-state index contributed by atoms with van der Waals surface area (Å²) in [6.07, 6.45) is 0. The summed E-state index contributed by atoms with van der Waals surface area (Å²) >= 11 is 6.00. The second-order valence-electron chi connectivity index (χ2n) is 6.22. The van der Waals surface area contributed by atoms with Crippen molar-refractivity contribution in [2.75, 3.05) is 5.32 Å². The molecule has 0 saturated carbocycles. The highest BCUT2D eigenvalue weighted by molar-refractivity contribution is 6.30. The van der Waals surface area contributed by atoms with Gasteiger partial charge in [-0.25, -0.2) is 0 Å². The SMILES string of the molecule is Cc1cc(Cl)ccc1CNc1ccccc1C(C)(C)C. The highest BCUT2D eigenvalue weighted by Crippen LogP contribution is 2.29. The summed E-state index contributed by atoms with van der Waals surface area (Å²) in [6.45, 7) is 9.62. The highest BCUT2D eigenvalue weighted by atomic mass is 35.5. The predicted molar refractivity (Wildman–Crippen MR) is 88.7 cm³/mol. The van der Waals surface area contributed by atoms with E-state index in [0.717, 1.165) is 11.6 Å². The van der Waals surface area contributed by atoms with Crippen LogP contribution in [0.2, 0.25) is 5.02 Å². The predicted octanol–water partition coefficient (Wildman–Crippen LogP) is 5.56. The fourth-order valence-electron chi connectivity index (χ4n) is 2.34. The Morgan fingerprint density at radius 3 is 2.40 bits per heavy atom. The Hall–Kier alpha value is -1.47. The molecule has 0 aromatic heterocycles. The van der Waals surface area contributed by atoms with E-state index in [1.54, 1.807) is 0 Å². The molecule has 20 heavy (non-hydrogen) atoms. The Bertz CT molecular complexity index is 597. The van der Waals surface area contributed by atoms with Gasteiger partial charge in [-0.1, -0.05) is 56.6 Å². The number of anilines is 1. The van der Waals surface area contributed by atoms with E-state index < -0.39 is 0 Å². The van der Waals surface area contributed by atoms with Crippen molar-refractivity contribution < 1.29 is 0 Å². The van der Waals surface area contributed by atoms with Gasteiger partial charge in [0.1, 0.15) is 0 Å². The molecule has 0 aliphatic rings. The van der Waals surface area contributed by atoms with Gasteiger partial charge in [0.25, 0.3) is 0 Å². The summed E-state index contributed by atoms with van der Waals surface area (Å²) in [7, 11) is 0. The van der Waals surface area contributed by atoms with Crippen molar-refractivity contribution >= 4 is 17.3 Å². The quantitative estimate of drug-likeness (QED) is 0.779. The van der Waals surface area contributed by atoms with Crippen LogP contribution in [0.1, 0.15) is 37.5 Å². The Labute approximate surface area is 127 Å². The third kappa shape index (κ3) is 3.55. The zero-order valence-electron chi connectivity index (χ0n) is 12.6. The third-order valence-corrected chi connectivity index (χ3v) is 3.74. The van der Waals surface area contributed by atoms with Crippen molar-refractivity contribution in [3.05, 3.63) is 64.2 Å². The van der Waals surface area contributed by atoms with Crippen LogP contribution in [0.5, 0.6) is 0 Å². The van der Waals surface area contributed by atoms with Gasteiger partial charge in [-0.3, -0.25) is 0 Å². The van der Waals surface area contributed by atoms with Crippen LogP contribution in [0, 0.1) is 6.92 Å². The molecule has 0 spiro atoms. The Morgan fingerprint density at radius 1 is 1.05 bits per heavy atom. The van der Waals surface area contributed by atoms with E-state index in [1.165, 1.54) is 22.4 Å². The second-order valence-corrected chi connectivity index (χ2v) is 6.66. The first-order valence-corrected chi connectivity index (χ1v) is 7.34. The molecule has 0 radical (unpaired) electrons. The maximum Gasteiger partial charge on any atom is 0.0408 e. The van der Waals surface area contributed by atoms with Gasteiger partial charge in [-0.2, -0.15) is 0 Å². The van der Waals surface area contributed by atoms with Gasteiger partial charge >= 0.3 is 0 Å². The van der Waals surface area contributed by atoms with Crippen LogP contribution in [0.3, 0.4) is 0 Å². The van der Waals surface area contributed by atoms with Crippen LogP contribution in [0.15, 0.2) is 42.5 Å². The first kappa shape index (κ1) is 14.9. The summed E-state index contributed by atoms with van der Waals surface area (Å²) in [5, 5.41) is 4.35. The third-order valence-electron chi connectivity index (χ3n) is 3.51. The van der Waals surface area contributed by atoms with Crippen molar-refractivity contribution in [3.63, 3.8) is 0 Å². The number of rotatable bonds is 3. The lowest BCUT2D eigenvalue weighted by Crippen LogP contribution is -2.14. The molecule has 2 heteroatoms. The Morgan fingerprint density at radius 2 is 1.75 bits per heavy atom. The molecule has 2 aromatic carbocycles. The van der Waals surface area contributed by atoms with Crippen molar-refractivity contribution in [2.45, 2.75) is 39.7 Å². The highest BCUT2D eigenvalue weighted by Gasteiger charge is 2.17. The van der Waals surface area contributed by atoms with Crippen molar-refractivity contribution in [3.8, 4) is 0 Å². The summed E-state index contributed by atoms with van der Waals surface area (Å²) in [5.41, 5.74) is 5.18. The molecule has 0 bridgehead atoms. The molecule has 0 heterocycles. The first-order chi connectivity index (χ1) is 9.38. The van der Waals surface area contributed by atoms with Gasteiger partial charge < -0.3 is 5.32 Å². The van der Waals surface area contributed by atoms with E-state index in [9.17, 15) is 0 Å². The lowest BCUT2D eigenvalue weighted by Gasteiger charge is -2.23. The van der Waals surface area contributed by atoms with E-state index in [1.807, 2.05) is 12.1 Å². The van der Waals surface area contributed by atoms with Gasteiger partial charge in [0.15, 0.2) is 0 Å². The van der Waals surface area contributed by atoms with Crippen LogP contribution in [-0.2, 0) is 12.0 Å². The topological polar surface area (TPSA) is 12.0 Å². The molecule has 0 aliphatic heterocycles. The van der Waals surface area contributed by atoms with E-state index in [0.29, 0.717) is 0 Å². The lowest BCUT2D eigenvalue weighted by atomic mass is 9.86. The molecule has 2 rings (SSSR count). The minimum Gasteiger partial charge on any atom is -0.381 e. The molecule has 0 aliphatic carbocycles. The molecular weight excluding hydrogens is 266 g/mol. The standard InChI is InChI=1S/C18H22ClN/c1-13-11-15(19)10-9-14(13)12-20-17-8-6-5-7-16(17)18(2,3)4/h5-11,20H,12H2,1-4H3. The molecule has 106 valence electrons. The van der Waals surface area contributed by atoms with E-state index >= 15 is 0 Å². The molecule has 0 atom stereocenters. The monoisotopic (exact) mass is 287 g/mol. The average Bonchev–Trinajstić information content (AvgIpc) is 2.37. The minimum atomic E-state index is 0.138. The zero-order chi connectivity index (χ0) is 14.8. The first-order valence-electron chi connectivity index (χ1n) is 6.96. The van der Waals surface area contributed by atoms with E-state index in [-0.39, 0.29) is 5.41 Å². The molecular formula is C18H22ClN. The molecule has 0 fully saturated rings. The molecule has 0 unspecified atom stereocenters. The fourth-order valence-corrected chi connectivity index (χ4v) is 2.57. The van der Waals surface area contributed by atoms with Gasteiger partial charge in [0.05, 0.1) is 0 Å². The molecule has 2 aromatic rings. The van der Waals surface area contributed by atoms with Crippen molar-refractivity contribution in [1.82, 2.24) is 0 Å². The average molecular weight is 288 g/mol. The van der Waals surface area contributed by atoms with Crippen LogP contribution in [0.25, 0.3) is 0 Å². The molecule has 1 nitrogen and oxygen atoms in total. The number of hydrogen-bond acceptors (Lipinski definition) is 1. The van der Waals surface area contributed by atoms with Gasteiger partial charge in [0, 0.05) is 17.3 Å². The summed E-state index contributed by atoms with van der Waals surface area (Å²) in [5.74, 6) is 0. The number of para-hydroxylation sites is 1. The summed E-state index contributed by atoms with van der Waals surface area (Å²) < 4.78 is 0.